The average molecular weight is 609 g/mol. The molecular weight excluding hydrogens is 572 g/mol. The molecule has 0 fully saturated rings. The Morgan fingerprint density at radius 1 is 1.05 bits per heavy atom. The van der Waals surface area contributed by atoms with Crippen LogP contribution in [0.25, 0.3) is 0 Å². The first kappa shape index (κ1) is 33.3. The van der Waals surface area contributed by atoms with Gasteiger partial charge in [0, 0.05) is 24.7 Å². The van der Waals surface area contributed by atoms with Gasteiger partial charge in [-0.2, -0.15) is 0 Å². The van der Waals surface area contributed by atoms with Crippen molar-refractivity contribution in [2.24, 2.45) is 27.3 Å². The van der Waals surface area contributed by atoms with E-state index in [9.17, 15) is 22.8 Å². The summed E-state index contributed by atoms with van der Waals surface area (Å²) in [7, 11) is -3.91. The van der Waals surface area contributed by atoms with Gasteiger partial charge in [-0.05, 0) is 31.2 Å². The van der Waals surface area contributed by atoms with E-state index in [4.69, 9.17) is 17.3 Å². The standard InChI is InChI=1S/C24H36N10O5S2/c25-24(26)30-11-5-9-19(34-41(38,39)15-17-6-2-1-3-7-17)22(37)31-14-20(35)33-18(8-4-10-28-16-32-27)21(36)23-29-12-13-40-23/h1-3,6-7,12-13,16,18-19,34H,4-5,8-11,14-15,27H2,(H,28,32)(H,31,37)(H,33,35)(H4,25,26,30). The monoisotopic (exact) mass is 608 g/mol. The molecular formula is C24H36N10O5S2. The number of aliphatic imine (C=N–C) groups is 2. The van der Waals surface area contributed by atoms with E-state index in [1.807, 2.05) is 0 Å². The van der Waals surface area contributed by atoms with Crippen LogP contribution in [0.15, 0.2) is 51.9 Å². The van der Waals surface area contributed by atoms with E-state index in [1.165, 1.54) is 12.5 Å². The number of rotatable bonds is 19. The van der Waals surface area contributed by atoms with Crippen molar-refractivity contribution >= 4 is 51.3 Å². The van der Waals surface area contributed by atoms with Gasteiger partial charge >= 0.3 is 0 Å². The minimum absolute atomic E-state index is 0.0710. The summed E-state index contributed by atoms with van der Waals surface area (Å²) in [5, 5.41) is 6.96. The molecule has 0 spiro atoms. The Morgan fingerprint density at radius 2 is 1.76 bits per heavy atom. The first-order chi connectivity index (χ1) is 19.6. The fourth-order valence-corrected chi connectivity index (χ4v) is 5.61. The van der Waals surface area contributed by atoms with Crippen LogP contribution >= 0.6 is 11.3 Å². The van der Waals surface area contributed by atoms with E-state index in [2.05, 4.69) is 35.8 Å². The number of carbonyl (C=O) groups excluding carboxylic acids is 3. The van der Waals surface area contributed by atoms with Crippen LogP contribution in [0.3, 0.4) is 0 Å². The molecule has 1 heterocycles. The molecule has 2 aromatic rings. The second-order valence-corrected chi connectivity index (χ2v) is 11.4. The van der Waals surface area contributed by atoms with Crippen LogP contribution in [0.1, 0.15) is 41.0 Å². The van der Waals surface area contributed by atoms with Crippen LogP contribution in [0.4, 0.5) is 0 Å². The normalized spacial score (nSPS) is 12.8. The van der Waals surface area contributed by atoms with Crippen LogP contribution < -0.4 is 38.1 Å². The molecule has 10 N–H and O–H groups in total. The van der Waals surface area contributed by atoms with Gasteiger partial charge in [0.1, 0.15) is 6.04 Å². The number of amides is 2. The molecule has 1 aromatic heterocycles. The molecule has 15 nitrogen and oxygen atoms in total. The molecule has 17 heteroatoms. The van der Waals surface area contributed by atoms with Gasteiger partial charge in [-0.3, -0.25) is 24.4 Å². The van der Waals surface area contributed by atoms with E-state index < -0.39 is 40.5 Å². The summed E-state index contributed by atoms with van der Waals surface area (Å²) in [5.74, 6) is 2.96. The zero-order chi connectivity index (χ0) is 30.1. The first-order valence-electron chi connectivity index (χ1n) is 12.7. The summed E-state index contributed by atoms with van der Waals surface area (Å²) in [6, 6.07) is 6.40. The SMILES string of the molecule is NNC=NCCCC(NC(=O)CNC(=O)C(CCCN=C(N)N)NS(=O)(=O)Cc1ccccc1)C(=O)c1nccs1. The Balaban J connectivity index is 2.02. The number of guanidine groups is 1. The van der Waals surface area contributed by atoms with Crippen LogP contribution in [-0.4, -0.2) is 75.0 Å². The number of carbonyl (C=O) groups is 3. The Morgan fingerprint density at radius 3 is 2.41 bits per heavy atom. The Hall–Kier alpha value is -3.93. The van der Waals surface area contributed by atoms with Gasteiger partial charge in [0.25, 0.3) is 0 Å². The second kappa shape index (κ2) is 17.7. The van der Waals surface area contributed by atoms with Crippen LogP contribution in [0, 0.1) is 0 Å². The second-order valence-electron chi connectivity index (χ2n) is 8.75. The van der Waals surface area contributed by atoms with E-state index in [0.717, 1.165) is 11.3 Å². The molecule has 2 amide bonds. The van der Waals surface area contributed by atoms with Crippen molar-refractivity contribution in [1.82, 2.24) is 25.8 Å². The Bertz CT molecular complexity index is 1270. The lowest BCUT2D eigenvalue weighted by Crippen LogP contribution is -2.51. The van der Waals surface area contributed by atoms with Gasteiger partial charge in [0.15, 0.2) is 11.0 Å². The van der Waals surface area contributed by atoms with Crippen molar-refractivity contribution in [3.8, 4) is 0 Å². The van der Waals surface area contributed by atoms with Crippen molar-refractivity contribution in [2.45, 2.75) is 43.5 Å². The molecule has 1 aromatic carbocycles. The molecule has 2 unspecified atom stereocenters. The number of hydrogen-bond donors (Lipinski definition) is 7. The van der Waals surface area contributed by atoms with Crippen molar-refractivity contribution in [1.29, 1.82) is 0 Å². The molecule has 0 saturated heterocycles. The molecule has 2 rings (SSSR count). The Kier molecular flexibility index (Phi) is 14.4. The molecule has 2 atom stereocenters. The van der Waals surface area contributed by atoms with Gasteiger partial charge in [-0.1, -0.05) is 30.3 Å². The first-order valence-corrected chi connectivity index (χ1v) is 15.2. The lowest BCUT2D eigenvalue weighted by Gasteiger charge is -2.20. The van der Waals surface area contributed by atoms with Crippen molar-refractivity contribution in [3.05, 3.63) is 52.5 Å². The highest BCUT2D eigenvalue weighted by Gasteiger charge is 2.27. The van der Waals surface area contributed by atoms with Gasteiger partial charge in [-0.15, -0.1) is 11.3 Å². The number of sulfonamides is 1. The van der Waals surface area contributed by atoms with Crippen molar-refractivity contribution < 1.29 is 22.8 Å². The maximum Gasteiger partial charge on any atom is 0.239 e. The number of thiazole rings is 1. The van der Waals surface area contributed by atoms with Crippen molar-refractivity contribution in [3.63, 3.8) is 0 Å². The number of nitrogens with two attached hydrogens (primary N) is 3. The topological polar surface area (TPSA) is 249 Å². The molecule has 0 aliphatic carbocycles. The number of aromatic nitrogens is 1. The smallest absolute Gasteiger partial charge is 0.239 e. The maximum atomic E-state index is 13.0. The highest BCUT2D eigenvalue weighted by molar-refractivity contribution is 7.88. The third kappa shape index (κ3) is 13.3. The fourth-order valence-electron chi connectivity index (χ4n) is 3.60. The average Bonchev–Trinajstić information content (AvgIpc) is 3.47. The molecule has 0 bridgehead atoms. The van der Waals surface area contributed by atoms with Crippen molar-refractivity contribution in [2.75, 3.05) is 19.6 Å². The van der Waals surface area contributed by atoms with E-state index >= 15 is 0 Å². The van der Waals surface area contributed by atoms with Crippen LogP contribution in [-0.2, 0) is 25.4 Å². The third-order valence-electron chi connectivity index (χ3n) is 5.45. The Labute approximate surface area is 242 Å². The van der Waals surface area contributed by atoms with Gasteiger partial charge in [0.2, 0.25) is 27.6 Å². The molecule has 224 valence electrons. The maximum absolute atomic E-state index is 13.0. The molecule has 0 saturated carbocycles. The predicted octanol–water partition coefficient (Wildman–Crippen LogP) is -1.26. The number of hydrogen-bond acceptors (Lipinski definition) is 10. The summed E-state index contributed by atoms with van der Waals surface area (Å²) in [5.41, 5.74) is 13.5. The summed E-state index contributed by atoms with van der Waals surface area (Å²) in [6.45, 7) is 0.0581. The minimum Gasteiger partial charge on any atom is -0.370 e. The molecule has 0 radical (unpaired) electrons. The van der Waals surface area contributed by atoms with E-state index in [0.29, 0.717) is 24.9 Å². The quantitative estimate of drug-likeness (QED) is 0.0249. The van der Waals surface area contributed by atoms with E-state index in [-0.39, 0.29) is 41.9 Å². The molecule has 0 aliphatic heterocycles. The lowest BCUT2D eigenvalue weighted by molar-refractivity contribution is -0.127. The largest absolute Gasteiger partial charge is 0.370 e. The van der Waals surface area contributed by atoms with Gasteiger partial charge in [-0.25, -0.2) is 24.0 Å². The molecule has 0 aliphatic rings. The summed E-state index contributed by atoms with van der Waals surface area (Å²) < 4.78 is 28.0. The highest BCUT2D eigenvalue weighted by atomic mass is 32.2. The van der Waals surface area contributed by atoms with Gasteiger partial charge in [0.05, 0.1) is 24.7 Å². The lowest BCUT2D eigenvalue weighted by atomic mass is 10.1. The van der Waals surface area contributed by atoms with Crippen LogP contribution in [0.2, 0.25) is 0 Å². The number of hydrazine groups is 1. The van der Waals surface area contributed by atoms with Gasteiger partial charge < -0.3 is 27.5 Å². The number of nitrogens with zero attached hydrogens (tertiary/aromatic N) is 3. The number of benzene rings is 1. The highest BCUT2D eigenvalue weighted by Crippen LogP contribution is 2.11. The predicted molar refractivity (Wildman–Crippen MR) is 157 cm³/mol. The molecule has 41 heavy (non-hydrogen) atoms. The van der Waals surface area contributed by atoms with Crippen LogP contribution in [0.5, 0.6) is 0 Å². The summed E-state index contributed by atoms with van der Waals surface area (Å²) >= 11 is 1.14. The fraction of sp³-hybridized carbons (Fsp3) is 0.417. The zero-order valence-electron chi connectivity index (χ0n) is 22.4. The number of ketones is 1. The zero-order valence-corrected chi connectivity index (χ0v) is 24.0. The third-order valence-corrected chi connectivity index (χ3v) is 7.59. The minimum atomic E-state index is -3.91. The summed E-state index contributed by atoms with van der Waals surface area (Å²) in [6.07, 6.45) is 3.90. The summed E-state index contributed by atoms with van der Waals surface area (Å²) in [4.78, 5) is 50.4. The van der Waals surface area contributed by atoms with E-state index in [1.54, 1.807) is 35.7 Å². The number of Topliss-reactive ketones (excluding diaryl/α,β-unsaturated/α-hetero) is 1. The number of nitrogens with one attached hydrogen (secondary N) is 4.